The molecule has 98 valence electrons. The van der Waals surface area contributed by atoms with Crippen molar-refractivity contribution in [2.75, 3.05) is 50.9 Å². The number of nitrogens with two attached hydrogens (primary N) is 1. The van der Waals surface area contributed by atoms with Gasteiger partial charge in [0.2, 0.25) is 5.91 Å². The molecule has 2 fully saturated rings. The third-order valence-electron chi connectivity index (χ3n) is 3.32. The maximum Gasteiger partial charge on any atom is 0.242 e. The van der Waals surface area contributed by atoms with Gasteiger partial charge in [-0.15, -0.1) is 0 Å². The first-order valence-corrected chi connectivity index (χ1v) is 7.31. The topological polar surface area (TPSA) is 67.6 Å². The minimum Gasteiger partial charge on any atom is -0.379 e. The summed E-state index contributed by atoms with van der Waals surface area (Å²) in [5, 5.41) is 2.92. The molecule has 0 bridgehead atoms. The molecule has 0 saturated carbocycles. The van der Waals surface area contributed by atoms with E-state index in [-0.39, 0.29) is 5.91 Å². The highest BCUT2D eigenvalue weighted by atomic mass is 32.2. The van der Waals surface area contributed by atoms with E-state index in [9.17, 15) is 4.79 Å². The molecule has 2 rings (SSSR count). The molecule has 6 heteroatoms. The predicted octanol–water partition coefficient (Wildman–Crippen LogP) is -0.731. The van der Waals surface area contributed by atoms with Crippen LogP contribution in [0.3, 0.4) is 0 Å². The van der Waals surface area contributed by atoms with Crippen LogP contribution in [0, 0.1) is 0 Å². The summed E-state index contributed by atoms with van der Waals surface area (Å²) in [5.74, 6) is 2.33. The lowest BCUT2D eigenvalue weighted by Crippen LogP contribution is -2.55. The molecule has 1 atom stereocenters. The maximum absolute atomic E-state index is 11.9. The Hall–Kier alpha value is -0.300. The summed E-state index contributed by atoms with van der Waals surface area (Å²) in [6.45, 7) is 4.78. The van der Waals surface area contributed by atoms with Crippen LogP contribution in [0.4, 0.5) is 0 Å². The lowest BCUT2D eigenvalue weighted by molar-refractivity contribution is -0.126. The van der Waals surface area contributed by atoms with Crippen LogP contribution >= 0.6 is 11.8 Å². The SMILES string of the molecule is NC1(C(=O)NCCN2CCSCC2)CCOC1. The summed E-state index contributed by atoms with van der Waals surface area (Å²) in [5.41, 5.74) is 5.17. The highest BCUT2D eigenvalue weighted by molar-refractivity contribution is 7.99. The zero-order chi connectivity index (χ0) is 12.1. The van der Waals surface area contributed by atoms with E-state index in [0.29, 0.717) is 26.2 Å². The number of amides is 1. The maximum atomic E-state index is 11.9. The van der Waals surface area contributed by atoms with Crippen LogP contribution in [0.1, 0.15) is 6.42 Å². The van der Waals surface area contributed by atoms with Gasteiger partial charge >= 0.3 is 0 Å². The highest BCUT2D eigenvalue weighted by Crippen LogP contribution is 2.15. The quantitative estimate of drug-likeness (QED) is 0.697. The molecule has 17 heavy (non-hydrogen) atoms. The number of carbonyl (C=O) groups is 1. The summed E-state index contributed by atoms with van der Waals surface area (Å²) in [6, 6.07) is 0. The fraction of sp³-hybridized carbons (Fsp3) is 0.909. The van der Waals surface area contributed by atoms with Gasteiger partial charge in [0.15, 0.2) is 0 Å². The van der Waals surface area contributed by atoms with Gasteiger partial charge in [-0.05, 0) is 6.42 Å². The van der Waals surface area contributed by atoms with Gasteiger partial charge in [0.1, 0.15) is 5.54 Å². The van der Waals surface area contributed by atoms with Crippen molar-refractivity contribution in [3.8, 4) is 0 Å². The molecular weight excluding hydrogens is 238 g/mol. The van der Waals surface area contributed by atoms with E-state index < -0.39 is 5.54 Å². The van der Waals surface area contributed by atoms with Crippen LogP contribution in [0.25, 0.3) is 0 Å². The Kier molecular flexibility index (Phi) is 4.67. The number of carbonyl (C=O) groups excluding carboxylic acids is 1. The first-order valence-electron chi connectivity index (χ1n) is 6.16. The standard InChI is InChI=1S/C11H21N3O2S/c12-11(1-6-16-9-11)10(15)13-2-3-14-4-7-17-8-5-14/h1-9,12H2,(H,13,15). The molecule has 0 aliphatic carbocycles. The molecule has 3 N–H and O–H groups in total. The van der Waals surface area contributed by atoms with Gasteiger partial charge in [0.05, 0.1) is 6.61 Å². The fourth-order valence-corrected chi connectivity index (χ4v) is 3.07. The molecule has 1 amide bonds. The lowest BCUT2D eigenvalue weighted by atomic mass is 9.99. The zero-order valence-electron chi connectivity index (χ0n) is 10.1. The monoisotopic (exact) mass is 259 g/mol. The third kappa shape index (κ3) is 3.58. The Labute approximate surface area is 106 Å². The Morgan fingerprint density at radius 1 is 1.47 bits per heavy atom. The third-order valence-corrected chi connectivity index (χ3v) is 4.26. The second kappa shape index (κ2) is 6.04. The van der Waals surface area contributed by atoms with E-state index in [4.69, 9.17) is 10.5 Å². The number of nitrogens with zero attached hydrogens (tertiary/aromatic N) is 1. The van der Waals surface area contributed by atoms with Crippen molar-refractivity contribution in [2.45, 2.75) is 12.0 Å². The molecule has 2 saturated heterocycles. The average molecular weight is 259 g/mol. The summed E-state index contributed by atoms with van der Waals surface area (Å²) < 4.78 is 5.18. The Bertz CT molecular complexity index is 263. The molecule has 0 spiro atoms. The van der Waals surface area contributed by atoms with E-state index in [1.807, 2.05) is 11.8 Å². The summed E-state index contributed by atoms with van der Waals surface area (Å²) in [4.78, 5) is 14.3. The van der Waals surface area contributed by atoms with Gasteiger partial charge in [0.25, 0.3) is 0 Å². The molecule has 2 heterocycles. The first-order chi connectivity index (χ1) is 8.21. The van der Waals surface area contributed by atoms with Gasteiger partial charge in [-0.2, -0.15) is 11.8 Å². The smallest absolute Gasteiger partial charge is 0.242 e. The molecule has 0 aromatic heterocycles. The number of thioether (sulfide) groups is 1. The van der Waals surface area contributed by atoms with Crippen LogP contribution in [0.5, 0.6) is 0 Å². The minimum absolute atomic E-state index is 0.0682. The van der Waals surface area contributed by atoms with Crippen molar-refractivity contribution in [1.82, 2.24) is 10.2 Å². The fourth-order valence-electron chi connectivity index (χ4n) is 2.09. The average Bonchev–Trinajstić information content (AvgIpc) is 2.79. The molecule has 2 aliphatic heterocycles. The van der Waals surface area contributed by atoms with Gasteiger partial charge < -0.3 is 15.8 Å². The van der Waals surface area contributed by atoms with E-state index in [1.54, 1.807) is 0 Å². The van der Waals surface area contributed by atoms with Gasteiger partial charge in [-0.1, -0.05) is 0 Å². The highest BCUT2D eigenvalue weighted by Gasteiger charge is 2.37. The molecule has 0 radical (unpaired) electrons. The second-order valence-electron chi connectivity index (χ2n) is 4.67. The molecule has 2 aliphatic rings. The summed E-state index contributed by atoms with van der Waals surface area (Å²) in [6.07, 6.45) is 0.624. The van der Waals surface area contributed by atoms with Crippen molar-refractivity contribution in [3.05, 3.63) is 0 Å². The van der Waals surface area contributed by atoms with Gasteiger partial charge in [-0.3, -0.25) is 9.69 Å². The number of rotatable bonds is 4. The van der Waals surface area contributed by atoms with Crippen molar-refractivity contribution in [2.24, 2.45) is 5.73 Å². The number of hydrogen-bond acceptors (Lipinski definition) is 5. The Morgan fingerprint density at radius 2 is 2.24 bits per heavy atom. The molecular formula is C11H21N3O2S. The normalized spacial score (nSPS) is 30.4. The van der Waals surface area contributed by atoms with Gasteiger partial charge in [0, 0.05) is 44.3 Å². The molecule has 0 aromatic carbocycles. The van der Waals surface area contributed by atoms with Crippen LogP contribution in [0.15, 0.2) is 0 Å². The van der Waals surface area contributed by atoms with Crippen molar-refractivity contribution in [1.29, 1.82) is 0 Å². The van der Waals surface area contributed by atoms with Crippen LogP contribution in [-0.4, -0.2) is 67.2 Å². The van der Waals surface area contributed by atoms with E-state index in [0.717, 1.165) is 19.6 Å². The molecule has 0 aromatic rings. The Morgan fingerprint density at radius 3 is 2.88 bits per heavy atom. The zero-order valence-corrected chi connectivity index (χ0v) is 10.9. The summed E-state index contributed by atoms with van der Waals surface area (Å²) in [7, 11) is 0. The van der Waals surface area contributed by atoms with Crippen molar-refractivity contribution >= 4 is 17.7 Å². The number of ether oxygens (including phenoxy) is 1. The van der Waals surface area contributed by atoms with E-state index >= 15 is 0 Å². The minimum atomic E-state index is -0.794. The van der Waals surface area contributed by atoms with E-state index in [1.165, 1.54) is 11.5 Å². The van der Waals surface area contributed by atoms with Crippen LogP contribution < -0.4 is 11.1 Å². The van der Waals surface area contributed by atoms with Gasteiger partial charge in [-0.25, -0.2) is 0 Å². The number of nitrogens with one attached hydrogen (secondary N) is 1. The first kappa shape index (κ1) is 13.1. The predicted molar refractivity (Wildman–Crippen MR) is 69.1 cm³/mol. The number of hydrogen-bond donors (Lipinski definition) is 2. The largest absolute Gasteiger partial charge is 0.379 e. The van der Waals surface area contributed by atoms with Crippen LogP contribution in [0.2, 0.25) is 0 Å². The summed E-state index contributed by atoms with van der Waals surface area (Å²) >= 11 is 1.99. The second-order valence-corrected chi connectivity index (χ2v) is 5.89. The van der Waals surface area contributed by atoms with Crippen molar-refractivity contribution in [3.63, 3.8) is 0 Å². The van der Waals surface area contributed by atoms with E-state index in [2.05, 4.69) is 10.2 Å². The Balaban J connectivity index is 1.65. The van der Waals surface area contributed by atoms with Crippen molar-refractivity contribution < 1.29 is 9.53 Å². The lowest BCUT2D eigenvalue weighted by Gasteiger charge is -2.27. The molecule has 5 nitrogen and oxygen atoms in total. The molecule has 1 unspecified atom stereocenters. The van der Waals surface area contributed by atoms with Crippen LogP contribution in [-0.2, 0) is 9.53 Å².